The van der Waals surface area contributed by atoms with Crippen LogP contribution in [0.2, 0.25) is 0 Å². The van der Waals surface area contributed by atoms with Crippen LogP contribution in [-0.2, 0) is 0 Å². The zero-order chi connectivity index (χ0) is 14.8. The predicted octanol–water partition coefficient (Wildman–Crippen LogP) is 3.38. The molecule has 0 bridgehead atoms. The first-order chi connectivity index (χ1) is 10.1. The fraction of sp³-hybridized carbons (Fsp3) is 0. The summed E-state index contributed by atoms with van der Waals surface area (Å²) in [4.78, 5) is 22.9. The average Bonchev–Trinajstić information content (AvgIpc) is 2.98. The average molecular weight is 281 g/mol. The molecule has 0 fully saturated rings. The number of carboxylic acids is 1. The summed E-state index contributed by atoms with van der Waals surface area (Å²) in [5.41, 5.74) is 0.587. The molecule has 0 spiro atoms. The van der Waals surface area contributed by atoms with E-state index in [-0.39, 0.29) is 11.3 Å². The molecule has 0 radical (unpaired) electrons. The third-order valence-electron chi connectivity index (χ3n) is 3.11. The quantitative estimate of drug-likeness (QED) is 0.771. The van der Waals surface area contributed by atoms with Crippen molar-refractivity contribution in [2.45, 2.75) is 0 Å². The van der Waals surface area contributed by atoms with Gasteiger partial charge in [-0.15, -0.1) is 0 Å². The Hall–Kier alpha value is -3.08. The van der Waals surface area contributed by atoms with E-state index in [4.69, 9.17) is 9.52 Å². The van der Waals surface area contributed by atoms with Crippen LogP contribution in [0.1, 0.15) is 20.9 Å². The van der Waals surface area contributed by atoms with Gasteiger partial charge in [0, 0.05) is 17.1 Å². The van der Waals surface area contributed by atoms with Crippen LogP contribution in [-0.4, -0.2) is 17.0 Å². The van der Waals surface area contributed by atoms with Gasteiger partial charge in [0.2, 0.25) is 0 Å². The van der Waals surface area contributed by atoms with Gasteiger partial charge < -0.3 is 14.8 Å². The monoisotopic (exact) mass is 281 g/mol. The Bertz CT molecular complexity index is 830. The Labute approximate surface area is 119 Å². The molecule has 3 rings (SSSR count). The normalized spacial score (nSPS) is 10.5. The van der Waals surface area contributed by atoms with Crippen molar-refractivity contribution >= 4 is 28.3 Å². The molecule has 0 unspecified atom stereocenters. The summed E-state index contributed by atoms with van der Waals surface area (Å²) in [6, 6.07) is 14.4. The molecule has 1 amide bonds. The maximum atomic E-state index is 12.1. The summed E-state index contributed by atoms with van der Waals surface area (Å²) in [5.74, 6) is -1.66. The number of nitrogens with one attached hydrogen (secondary N) is 1. The second-order valence-corrected chi connectivity index (χ2v) is 4.49. The molecule has 0 aliphatic rings. The molecular formula is C16H11NO4. The lowest BCUT2D eigenvalue weighted by molar-refractivity contribution is 0.0696. The minimum atomic E-state index is -1.14. The van der Waals surface area contributed by atoms with E-state index in [1.165, 1.54) is 6.07 Å². The first kappa shape index (κ1) is 12.9. The van der Waals surface area contributed by atoms with Gasteiger partial charge in [0.1, 0.15) is 6.26 Å². The molecular weight excluding hydrogens is 270 g/mol. The number of carbonyl (C=O) groups excluding carboxylic acids is 1. The fourth-order valence-electron chi connectivity index (χ4n) is 2.09. The SMILES string of the molecule is O=C(O)c1coc(C(=O)Nc2cccc3ccccc23)c1. The first-order valence-electron chi connectivity index (χ1n) is 6.26. The number of rotatable bonds is 3. The number of amides is 1. The molecule has 3 aromatic rings. The third kappa shape index (κ3) is 2.49. The van der Waals surface area contributed by atoms with E-state index >= 15 is 0 Å². The van der Waals surface area contributed by atoms with Gasteiger partial charge in [-0.1, -0.05) is 36.4 Å². The number of furan rings is 1. The van der Waals surface area contributed by atoms with Crippen molar-refractivity contribution in [2.24, 2.45) is 0 Å². The Kier molecular flexibility index (Phi) is 3.16. The number of carboxylic acid groups (broad SMARTS) is 1. The first-order valence-corrected chi connectivity index (χ1v) is 6.26. The summed E-state index contributed by atoms with van der Waals surface area (Å²) < 4.78 is 4.98. The van der Waals surface area contributed by atoms with Gasteiger partial charge in [-0.3, -0.25) is 4.79 Å². The molecule has 1 aromatic heterocycles. The third-order valence-corrected chi connectivity index (χ3v) is 3.11. The molecule has 0 saturated carbocycles. The molecule has 2 N–H and O–H groups in total. The summed E-state index contributed by atoms with van der Waals surface area (Å²) >= 11 is 0. The Morgan fingerprint density at radius 2 is 1.81 bits per heavy atom. The molecule has 0 aliphatic carbocycles. The van der Waals surface area contributed by atoms with E-state index in [1.54, 1.807) is 6.07 Å². The van der Waals surface area contributed by atoms with Crippen LogP contribution in [0.3, 0.4) is 0 Å². The lowest BCUT2D eigenvalue weighted by Crippen LogP contribution is -2.11. The summed E-state index contributed by atoms with van der Waals surface area (Å²) in [7, 11) is 0. The molecule has 5 heteroatoms. The number of hydrogen-bond acceptors (Lipinski definition) is 3. The number of anilines is 1. The van der Waals surface area contributed by atoms with E-state index < -0.39 is 11.9 Å². The molecule has 21 heavy (non-hydrogen) atoms. The zero-order valence-electron chi connectivity index (χ0n) is 10.9. The minimum absolute atomic E-state index is 0.0414. The maximum absolute atomic E-state index is 12.1. The lowest BCUT2D eigenvalue weighted by atomic mass is 10.1. The summed E-state index contributed by atoms with van der Waals surface area (Å²) in [6.45, 7) is 0. The topological polar surface area (TPSA) is 79.5 Å². The van der Waals surface area contributed by atoms with Crippen molar-refractivity contribution in [3.05, 3.63) is 66.1 Å². The molecule has 5 nitrogen and oxygen atoms in total. The van der Waals surface area contributed by atoms with Crippen LogP contribution >= 0.6 is 0 Å². The number of aromatic carboxylic acids is 1. The van der Waals surface area contributed by atoms with E-state index in [9.17, 15) is 9.59 Å². The van der Waals surface area contributed by atoms with Gasteiger partial charge in [0.15, 0.2) is 5.76 Å². The van der Waals surface area contributed by atoms with Crippen molar-refractivity contribution in [2.75, 3.05) is 5.32 Å². The summed E-state index contributed by atoms with van der Waals surface area (Å²) in [5, 5.41) is 13.4. The predicted molar refractivity (Wildman–Crippen MR) is 77.6 cm³/mol. The van der Waals surface area contributed by atoms with Gasteiger partial charge in [-0.05, 0) is 11.5 Å². The second kappa shape index (κ2) is 5.13. The zero-order valence-corrected chi connectivity index (χ0v) is 10.9. The molecule has 104 valence electrons. The number of benzene rings is 2. The highest BCUT2D eigenvalue weighted by Crippen LogP contribution is 2.23. The summed E-state index contributed by atoms with van der Waals surface area (Å²) in [6.07, 6.45) is 1.04. The molecule has 1 heterocycles. The number of carbonyl (C=O) groups is 2. The highest BCUT2D eigenvalue weighted by Gasteiger charge is 2.15. The van der Waals surface area contributed by atoms with Gasteiger partial charge in [-0.25, -0.2) is 4.79 Å². The largest absolute Gasteiger partial charge is 0.478 e. The number of hydrogen-bond donors (Lipinski definition) is 2. The van der Waals surface area contributed by atoms with Crippen LogP contribution in [0.4, 0.5) is 5.69 Å². The van der Waals surface area contributed by atoms with E-state index in [0.717, 1.165) is 17.0 Å². The molecule has 0 saturated heterocycles. The van der Waals surface area contributed by atoms with E-state index in [1.807, 2.05) is 36.4 Å². The molecule has 2 aromatic carbocycles. The van der Waals surface area contributed by atoms with Crippen molar-refractivity contribution in [3.8, 4) is 0 Å². The molecule has 0 atom stereocenters. The van der Waals surface area contributed by atoms with Gasteiger partial charge in [0.05, 0.1) is 5.56 Å². The van der Waals surface area contributed by atoms with Crippen LogP contribution in [0, 0.1) is 0 Å². The Balaban J connectivity index is 1.91. The van der Waals surface area contributed by atoms with Crippen LogP contribution < -0.4 is 5.32 Å². The lowest BCUT2D eigenvalue weighted by Gasteiger charge is -2.07. The van der Waals surface area contributed by atoms with Gasteiger partial charge in [-0.2, -0.15) is 0 Å². The van der Waals surface area contributed by atoms with E-state index in [2.05, 4.69) is 5.32 Å². The van der Waals surface area contributed by atoms with Gasteiger partial charge in [0.25, 0.3) is 5.91 Å². The molecule has 0 aliphatic heterocycles. The standard InChI is InChI=1S/C16H11NO4/c18-15(14-8-11(9-21-14)16(19)20)17-13-7-3-5-10-4-1-2-6-12(10)13/h1-9H,(H,17,18)(H,19,20). The van der Waals surface area contributed by atoms with Crippen LogP contribution in [0.15, 0.2) is 59.2 Å². The van der Waals surface area contributed by atoms with Gasteiger partial charge >= 0.3 is 5.97 Å². The van der Waals surface area contributed by atoms with Crippen molar-refractivity contribution < 1.29 is 19.1 Å². The Morgan fingerprint density at radius 1 is 1.05 bits per heavy atom. The van der Waals surface area contributed by atoms with E-state index in [0.29, 0.717) is 5.69 Å². The Morgan fingerprint density at radius 3 is 2.57 bits per heavy atom. The highest BCUT2D eigenvalue weighted by atomic mass is 16.4. The fourth-order valence-corrected chi connectivity index (χ4v) is 2.09. The smallest absolute Gasteiger partial charge is 0.338 e. The van der Waals surface area contributed by atoms with Crippen molar-refractivity contribution in [1.82, 2.24) is 0 Å². The highest BCUT2D eigenvalue weighted by molar-refractivity contribution is 6.08. The van der Waals surface area contributed by atoms with Crippen LogP contribution in [0.25, 0.3) is 10.8 Å². The van der Waals surface area contributed by atoms with Crippen LogP contribution in [0.5, 0.6) is 0 Å². The maximum Gasteiger partial charge on any atom is 0.338 e. The van der Waals surface area contributed by atoms with Crippen molar-refractivity contribution in [1.29, 1.82) is 0 Å². The number of fused-ring (bicyclic) bond motifs is 1. The minimum Gasteiger partial charge on any atom is -0.478 e. The second-order valence-electron chi connectivity index (χ2n) is 4.49. The van der Waals surface area contributed by atoms with Crippen molar-refractivity contribution in [3.63, 3.8) is 0 Å².